The van der Waals surface area contributed by atoms with Gasteiger partial charge in [0.05, 0.1) is 0 Å². The highest BCUT2D eigenvalue weighted by Gasteiger charge is 2.06. The van der Waals surface area contributed by atoms with Crippen LogP contribution in [0, 0.1) is 0 Å². The summed E-state index contributed by atoms with van der Waals surface area (Å²) >= 11 is 0. The summed E-state index contributed by atoms with van der Waals surface area (Å²) in [5, 5.41) is 0. The van der Waals surface area contributed by atoms with Crippen molar-refractivity contribution in [3.63, 3.8) is 0 Å². The summed E-state index contributed by atoms with van der Waals surface area (Å²) in [6, 6.07) is 9.29. The van der Waals surface area contributed by atoms with Gasteiger partial charge in [-0.25, -0.2) is 0 Å². The molecular weight excluding hydrogens is 264 g/mol. The van der Waals surface area contributed by atoms with Crippen molar-refractivity contribution in [1.29, 1.82) is 0 Å². The molecule has 0 saturated heterocycles. The fourth-order valence-electron chi connectivity index (χ4n) is 3.28. The molecule has 0 heteroatoms. The average Bonchev–Trinajstić information content (AvgIpc) is 2.47. The van der Waals surface area contributed by atoms with Gasteiger partial charge in [-0.2, -0.15) is 0 Å². The molecule has 0 spiro atoms. The van der Waals surface area contributed by atoms with Gasteiger partial charge in [0.1, 0.15) is 0 Å². The first kappa shape index (κ1) is 15.1. The highest BCUT2D eigenvalue weighted by molar-refractivity contribution is 5.71. The maximum absolute atomic E-state index is 2.43. The molecule has 0 atom stereocenters. The molecule has 0 N–H and O–H groups in total. The standard InChI is InChI=1S/C22H26/c1-3-7-11-19(12-8-4-1)21-15-17-22(18-16-21)20-13-9-5-2-6-10-14-20/h1-3,5,12,14-18H,4,6-11,13H2/b3-1-,5-2-,19-12+,20-14?. The van der Waals surface area contributed by atoms with Crippen molar-refractivity contribution in [3.05, 3.63) is 71.8 Å². The number of hydrogen-bond acceptors (Lipinski definition) is 0. The monoisotopic (exact) mass is 290 g/mol. The summed E-state index contributed by atoms with van der Waals surface area (Å²) in [6.07, 6.45) is 23.5. The van der Waals surface area contributed by atoms with Crippen LogP contribution in [0.4, 0.5) is 0 Å². The molecule has 0 nitrogen and oxygen atoms in total. The summed E-state index contributed by atoms with van der Waals surface area (Å²) in [6.45, 7) is 0. The average molecular weight is 290 g/mol. The summed E-state index contributed by atoms with van der Waals surface area (Å²) in [5.74, 6) is 0. The first-order chi connectivity index (χ1) is 10.9. The van der Waals surface area contributed by atoms with E-state index in [1.54, 1.807) is 0 Å². The Morgan fingerprint density at radius 3 is 1.32 bits per heavy atom. The van der Waals surface area contributed by atoms with Gasteiger partial charge >= 0.3 is 0 Å². The van der Waals surface area contributed by atoms with Gasteiger partial charge in [-0.1, -0.05) is 60.7 Å². The van der Waals surface area contributed by atoms with E-state index in [1.807, 2.05) is 0 Å². The Morgan fingerprint density at radius 1 is 0.455 bits per heavy atom. The van der Waals surface area contributed by atoms with E-state index in [9.17, 15) is 0 Å². The van der Waals surface area contributed by atoms with Crippen molar-refractivity contribution in [1.82, 2.24) is 0 Å². The second-order valence-corrected chi connectivity index (χ2v) is 6.21. The zero-order valence-electron chi connectivity index (χ0n) is 13.4. The van der Waals surface area contributed by atoms with Gasteiger partial charge in [-0.15, -0.1) is 0 Å². The maximum atomic E-state index is 2.43. The molecule has 0 fully saturated rings. The minimum atomic E-state index is 1.17. The van der Waals surface area contributed by atoms with Crippen LogP contribution in [0.1, 0.15) is 62.5 Å². The van der Waals surface area contributed by atoms with Crippen LogP contribution in [0.3, 0.4) is 0 Å². The number of hydrogen-bond donors (Lipinski definition) is 0. The Bertz CT molecular complexity index is 538. The van der Waals surface area contributed by atoms with E-state index in [1.165, 1.54) is 73.6 Å². The first-order valence-corrected chi connectivity index (χ1v) is 8.72. The zero-order valence-corrected chi connectivity index (χ0v) is 13.4. The normalized spacial score (nSPS) is 24.7. The zero-order chi connectivity index (χ0) is 15.0. The number of rotatable bonds is 2. The summed E-state index contributed by atoms with van der Waals surface area (Å²) in [5.41, 5.74) is 5.85. The highest BCUT2D eigenvalue weighted by Crippen LogP contribution is 2.27. The van der Waals surface area contributed by atoms with Gasteiger partial charge in [0.15, 0.2) is 0 Å². The molecule has 114 valence electrons. The second-order valence-electron chi connectivity index (χ2n) is 6.21. The molecule has 0 unspecified atom stereocenters. The highest BCUT2D eigenvalue weighted by atomic mass is 14.1. The molecular formula is C22H26. The van der Waals surface area contributed by atoms with Gasteiger partial charge < -0.3 is 0 Å². The Labute approximate surface area is 135 Å². The van der Waals surface area contributed by atoms with E-state index >= 15 is 0 Å². The van der Waals surface area contributed by atoms with Crippen molar-refractivity contribution in [2.75, 3.05) is 0 Å². The van der Waals surface area contributed by atoms with E-state index < -0.39 is 0 Å². The largest absolute Gasteiger partial charge is 0.0882 e. The predicted molar refractivity (Wildman–Crippen MR) is 97.6 cm³/mol. The van der Waals surface area contributed by atoms with Gasteiger partial charge in [0.2, 0.25) is 0 Å². The van der Waals surface area contributed by atoms with Crippen molar-refractivity contribution in [2.24, 2.45) is 0 Å². The third kappa shape index (κ3) is 4.10. The van der Waals surface area contributed by atoms with Crippen LogP contribution < -0.4 is 0 Å². The minimum Gasteiger partial charge on any atom is -0.0882 e. The van der Waals surface area contributed by atoms with E-state index in [0.29, 0.717) is 0 Å². The molecule has 0 aliphatic heterocycles. The van der Waals surface area contributed by atoms with Crippen LogP contribution in [0.25, 0.3) is 11.1 Å². The van der Waals surface area contributed by atoms with Gasteiger partial charge in [-0.05, 0) is 73.6 Å². The number of benzene rings is 1. The quantitative estimate of drug-likeness (QED) is 0.531. The molecule has 0 bridgehead atoms. The van der Waals surface area contributed by atoms with Crippen molar-refractivity contribution in [2.45, 2.75) is 51.4 Å². The smallest absolute Gasteiger partial charge is 0.0227 e. The third-order valence-corrected chi connectivity index (χ3v) is 4.57. The molecule has 3 rings (SSSR count). The lowest BCUT2D eigenvalue weighted by molar-refractivity contribution is 0.972. The first-order valence-electron chi connectivity index (χ1n) is 8.72. The molecule has 2 aliphatic rings. The molecule has 22 heavy (non-hydrogen) atoms. The Hall–Kier alpha value is -1.82. The van der Waals surface area contributed by atoms with Gasteiger partial charge in [0.25, 0.3) is 0 Å². The van der Waals surface area contributed by atoms with Gasteiger partial charge in [-0.3, -0.25) is 0 Å². The Balaban J connectivity index is 1.74. The molecule has 0 aromatic heterocycles. The van der Waals surface area contributed by atoms with E-state index in [-0.39, 0.29) is 0 Å². The van der Waals surface area contributed by atoms with E-state index in [0.717, 1.165) is 0 Å². The Kier molecular flexibility index (Phi) is 5.48. The van der Waals surface area contributed by atoms with E-state index in [2.05, 4.69) is 60.7 Å². The molecule has 1 aromatic carbocycles. The lowest BCUT2D eigenvalue weighted by Gasteiger charge is -2.12. The molecule has 0 heterocycles. The molecule has 0 amide bonds. The molecule has 2 aliphatic carbocycles. The van der Waals surface area contributed by atoms with Crippen LogP contribution in [-0.4, -0.2) is 0 Å². The lowest BCUT2D eigenvalue weighted by Crippen LogP contribution is -1.91. The second kappa shape index (κ2) is 7.98. The van der Waals surface area contributed by atoms with Crippen LogP contribution in [0.5, 0.6) is 0 Å². The topological polar surface area (TPSA) is 0 Å². The summed E-state index contributed by atoms with van der Waals surface area (Å²) < 4.78 is 0. The molecule has 1 aromatic rings. The third-order valence-electron chi connectivity index (χ3n) is 4.57. The van der Waals surface area contributed by atoms with Crippen molar-refractivity contribution >= 4 is 11.1 Å². The SMILES string of the molecule is C1=C(c2ccc(/C3=C/CC/C=C\CC3)cc2)CC/C=C\CC1. The van der Waals surface area contributed by atoms with Crippen molar-refractivity contribution in [3.8, 4) is 0 Å². The maximum Gasteiger partial charge on any atom is -0.0227 e. The summed E-state index contributed by atoms with van der Waals surface area (Å²) in [7, 11) is 0. The fraction of sp³-hybridized carbons (Fsp3) is 0.364. The van der Waals surface area contributed by atoms with Gasteiger partial charge in [0, 0.05) is 0 Å². The Morgan fingerprint density at radius 2 is 0.864 bits per heavy atom. The predicted octanol–water partition coefficient (Wildman–Crippen LogP) is 6.71. The minimum absolute atomic E-state index is 1.17. The molecule has 0 radical (unpaired) electrons. The van der Waals surface area contributed by atoms with Crippen LogP contribution in [0.15, 0.2) is 60.7 Å². The van der Waals surface area contributed by atoms with Crippen molar-refractivity contribution < 1.29 is 0 Å². The van der Waals surface area contributed by atoms with Crippen LogP contribution >= 0.6 is 0 Å². The fourth-order valence-corrected chi connectivity index (χ4v) is 3.28. The lowest BCUT2D eigenvalue weighted by atomic mass is 9.93. The molecule has 0 saturated carbocycles. The van der Waals surface area contributed by atoms with E-state index in [4.69, 9.17) is 0 Å². The van der Waals surface area contributed by atoms with Crippen LogP contribution in [-0.2, 0) is 0 Å². The summed E-state index contributed by atoms with van der Waals surface area (Å²) in [4.78, 5) is 0. The number of allylic oxidation sites excluding steroid dienone is 8. The van der Waals surface area contributed by atoms with Crippen LogP contribution in [0.2, 0.25) is 0 Å².